The minimum atomic E-state index is -3.59. The van der Waals surface area contributed by atoms with E-state index in [1.165, 1.54) is 6.07 Å². The molecule has 2 aliphatic rings. The molecule has 0 spiro atoms. The second-order valence-corrected chi connectivity index (χ2v) is 9.18. The van der Waals surface area contributed by atoms with Crippen LogP contribution >= 0.6 is 22.9 Å². The Morgan fingerprint density at radius 3 is 2.74 bits per heavy atom. The summed E-state index contributed by atoms with van der Waals surface area (Å²) < 4.78 is 28.2. The molecule has 1 aromatic heterocycles. The number of halogens is 1. The molecule has 7 heteroatoms. The van der Waals surface area contributed by atoms with E-state index in [1.54, 1.807) is 6.07 Å². The molecule has 106 valence electrons. The third kappa shape index (κ3) is 2.34. The zero-order valence-electron chi connectivity index (χ0n) is 10.3. The summed E-state index contributed by atoms with van der Waals surface area (Å²) in [6.45, 7) is -0.132. The van der Waals surface area contributed by atoms with Crippen LogP contribution in [0.4, 0.5) is 0 Å². The highest BCUT2D eigenvalue weighted by molar-refractivity contribution is 7.91. The molecule has 2 bridgehead atoms. The molecule has 2 fully saturated rings. The van der Waals surface area contributed by atoms with Crippen molar-refractivity contribution in [2.24, 2.45) is 11.8 Å². The summed E-state index contributed by atoms with van der Waals surface area (Å²) in [6, 6.07) is 3.08. The average molecular weight is 322 g/mol. The number of rotatable bonds is 4. The maximum atomic E-state index is 12.4. The summed E-state index contributed by atoms with van der Waals surface area (Å²) in [6.07, 6.45) is 3.92. The summed E-state index contributed by atoms with van der Waals surface area (Å²) in [5, 5.41) is 9.70. The van der Waals surface area contributed by atoms with Crippen LogP contribution in [0.25, 0.3) is 0 Å². The van der Waals surface area contributed by atoms with E-state index < -0.39 is 15.6 Å². The van der Waals surface area contributed by atoms with Crippen LogP contribution in [-0.4, -0.2) is 25.7 Å². The van der Waals surface area contributed by atoms with E-state index in [-0.39, 0.29) is 16.7 Å². The van der Waals surface area contributed by atoms with E-state index in [2.05, 4.69) is 4.72 Å². The van der Waals surface area contributed by atoms with Gasteiger partial charge in [-0.25, -0.2) is 13.1 Å². The van der Waals surface area contributed by atoms with Crippen LogP contribution in [0.15, 0.2) is 16.3 Å². The number of aliphatic hydroxyl groups is 1. The molecule has 19 heavy (non-hydrogen) atoms. The number of fused-ring (bicyclic) bond motifs is 2. The third-order valence-corrected chi connectivity index (χ3v) is 7.68. The van der Waals surface area contributed by atoms with E-state index in [4.69, 9.17) is 11.6 Å². The molecule has 3 rings (SSSR count). The highest BCUT2D eigenvalue weighted by Crippen LogP contribution is 2.51. The molecule has 3 atom stereocenters. The van der Waals surface area contributed by atoms with Crippen molar-refractivity contribution in [2.75, 3.05) is 6.61 Å². The van der Waals surface area contributed by atoms with Crippen LogP contribution in [0.2, 0.25) is 4.34 Å². The molecule has 3 unspecified atom stereocenters. The SMILES string of the molecule is O=S(=O)(NC1(CO)CC2CCC1C2)c1ccc(Cl)s1. The molecule has 4 nitrogen and oxygen atoms in total. The van der Waals surface area contributed by atoms with Gasteiger partial charge in [-0.1, -0.05) is 18.0 Å². The fourth-order valence-electron chi connectivity index (χ4n) is 3.55. The Kier molecular flexibility index (Phi) is 3.42. The lowest BCUT2D eigenvalue weighted by Crippen LogP contribution is -2.54. The first-order valence-corrected chi connectivity index (χ1v) is 9.03. The number of hydrogen-bond acceptors (Lipinski definition) is 4. The standard InChI is InChI=1S/C12H16ClNO3S2/c13-10-3-4-11(18-10)19(16,17)14-12(7-15)6-8-1-2-9(12)5-8/h3-4,8-9,14-15H,1-2,5-7H2. The zero-order chi connectivity index (χ0) is 13.7. The van der Waals surface area contributed by atoms with Gasteiger partial charge in [0.2, 0.25) is 0 Å². The van der Waals surface area contributed by atoms with Gasteiger partial charge in [0.25, 0.3) is 10.0 Å². The number of aliphatic hydroxyl groups excluding tert-OH is 1. The van der Waals surface area contributed by atoms with Crippen LogP contribution in [-0.2, 0) is 10.0 Å². The Morgan fingerprint density at radius 1 is 1.47 bits per heavy atom. The van der Waals surface area contributed by atoms with Gasteiger partial charge < -0.3 is 5.11 Å². The fourth-order valence-corrected chi connectivity index (χ4v) is 6.50. The average Bonchev–Trinajstić information content (AvgIpc) is 3.03. The van der Waals surface area contributed by atoms with Crippen LogP contribution in [0.5, 0.6) is 0 Å². The minimum Gasteiger partial charge on any atom is -0.394 e. The highest BCUT2D eigenvalue weighted by Gasteiger charge is 2.52. The van der Waals surface area contributed by atoms with Crippen LogP contribution in [0.1, 0.15) is 25.7 Å². The first-order valence-electron chi connectivity index (χ1n) is 6.35. The fraction of sp³-hybridized carbons (Fsp3) is 0.667. The number of nitrogens with one attached hydrogen (secondary N) is 1. The molecule has 1 aromatic rings. The van der Waals surface area contributed by atoms with Gasteiger partial charge in [-0.15, -0.1) is 11.3 Å². The van der Waals surface area contributed by atoms with E-state index in [0.29, 0.717) is 10.3 Å². The molecule has 0 saturated heterocycles. The highest BCUT2D eigenvalue weighted by atomic mass is 35.5. The smallest absolute Gasteiger partial charge is 0.250 e. The maximum absolute atomic E-state index is 12.4. The van der Waals surface area contributed by atoms with Crippen molar-refractivity contribution in [1.29, 1.82) is 0 Å². The zero-order valence-corrected chi connectivity index (χ0v) is 12.7. The second kappa shape index (κ2) is 4.70. The molecule has 2 N–H and O–H groups in total. The van der Waals surface area contributed by atoms with E-state index in [1.807, 2.05) is 0 Å². The first kappa shape index (κ1) is 13.8. The van der Waals surface area contributed by atoms with Gasteiger partial charge in [0.05, 0.1) is 16.5 Å². The molecule has 0 aromatic carbocycles. The topological polar surface area (TPSA) is 66.4 Å². The molecular formula is C12H16ClNO3S2. The summed E-state index contributed by atoms with van der Waals surface area (Å²) in [5.74, 6) is 0.805. The Hall–Kier alpha value is -0.140. The van der Waals surface area contributed by atoms with Crippen molar-refractivity contribution in [1.82, 2.24) is 4.72 Å². The van der Waals surface area contributed by atoms with Gasteiger partial charge in [-0.05, 0) is 43.2 Å². The van der Waals surface area contributed by atoms with E-state index >= 15 is 0 Å². The summed E-state index contributed by atoms with van der Waals surface area (Å²) in [4.78, 5) is 0. The van der Waals surface area contributed by atoms with Gasteiger partial charge in [0.1, 0.15) is 4.21 Å². The molecule has 0 radical (unpaired) electrons. The lowest BCUT2D eigenvalue weighted by Gasteiger charge is -2.36. The van der Waals surface area contributed by atoms with Crippen molar-refractivity contribution in [3.05, 3.63) is 16.5 Å². The minimum absolute atomic E-state index is 0.132. The van der Waals surface area contributed by atoms with Crippen LogP contribution < -0.4 is 4.72 Å². The van der Waals surface area contributed by atoms with Crippen molar-refractivity contribution in [2.45, 2.75) is 35.4 Å². The van der Waals surface area contributed by atoms with E-state index in [9.17, 15) is 13.5 Å². The number of hydrogen-bond donors (Lipinski definition) is 2. The van der Waals surface area contributed by atoms with Gasteiger partial charge in [0.15, 0.2) is 0 Å². The number of thiophene rings is 1. The Morgan fingerprint density at radius 2 is 2.26 bits per heavy atom. The number of sulfonamides is 1. The molecule has 2 aliphatic carbocycles. The molecule has 0 aliphatic heterocycles. The molecule has 0 amide bonds. The van der Waals surface area contributed by atoms with E-state index in [0.717, 1.165) is 37.0 Å². The van der Waals surface area contributed by atoms with Gasteiger partial charge in [-0.3, -0.25) is 0 Å². The summed E-state index contributed by atoms with van der Waals surface area (Å²) in [5.41, 5.74) is -0.668. The quantitative estimate of drug-likeness (QED) is 0.893. The maximum Gasteiger partial charge on any atom is 0.250 e. The van der Waals surface area contributed by atoms with Crippen LogP contribution in [0.3, 0.4) is 0 Å². The van der Waals surface area contributed by atoms with Crippen molar-refractivity contribution >= 4 is 33.0 Å². The Bertz CT molecular complexity index is 586. The predicted molar refractivity (Wildman–Crippen MR) is 74.9 cm³/mol. The Labute approximate surface area is 121 Å². The van der Waals surface area contributed by atoms with Crippen molar-refractivity contribution in [3.8, 4) is 0 Å². The van der Waals surface area contributed by atoms with Crippen molar-refractivity contribution < 1.29 is 13.5 Å². The van der Waals surface area contributed by atoms with Gasteiger partial charge >= 0.3 is 0 Å². The largest absolute Gasteiger partial charge is 0.394 e. The summed E-state index contributed by atoms with van der Waals surface area (Å²) in [7, 11) is -3.59. The summed E-state index contributed by atoms with van der Waals surface area (Å²) >= 11 is 6.83. The molecule has 1 heterocycles. The monoisotopic (exact) mass is 321 g/mol. The third-order valence-electron chi connectivity index (χ3n) is 4.41. The first-order chi connectivity index (χ1) is 8.95. The van der Waals surface area contributed by atoms with Gasteiger partial charge in [0, 0.05) is 0 Å². The van der Waals surface area contributed by atoms with Crippen molar-refractivity contribution in [3.63, 3.8) is 0 Å². The molecular weight excluding hydrogens is 306 g/mol. The lowest BCUT2D eigenvalue weighted by molar-refractivity contribution is 0.127. The van der Waals surface area contributed by atoms with Crippen LogP contribution in [0, 0.1) is 11.8 Å². The van der Waals surface area contributed by atoms with Gasteiger partial charge in [-0.2, -0.15) is 0 Å². The molecule has 2 saturated carbocycles. The lowest BCUT2D eigenvalue weighted by atomic mass is 9.82. The Balaban J connectivity index is 1.87. The second-order valence-electron chi connectivity index (χ2n) is 5.56. The normalized spacial score (nSPS) is 34.0. The predicted octanol–water partition coefficient (Wildman–Crippen LogP) is 2.23.